The highest BCUT2D eigenvalue weighted by molar-refractivity contribution is 6.31. The number of hydrogen-bond acceptors (Lipinski definition) is 1. The Morgan fingerprint density at radius 3 is 2.62 bits per heavy atom. The molecule has 1 aliphatic carbocycles. The number of H-pyrrole nitrogens is 1. The van der Waals surface area contributed by atoms with Crippen LogP contribution in [0.5, 0.6) is 0 Å². The van der Waals surface area contributed by atoms with Crippen LogP contribution in [0.4, 0.5) is 0 Å². The van der Waals surface area contributed by atoms with Crippen LogP contribution in [0.3, 0.4) is 0 Å². The summed E-state index contributed by atoms with van der Waals surface area (Å²) < 4.78 is 0. The lowest BCUT2D eigenvalue weighted by molar-refractivity contribution is 0.596. The lowest BCUT2D eigenvalue weighted by atomic mass is 10.1. The molecule has 0 aliphatic heterocycles. The van der Waals surface area contributed by atoms with Crippen molar-refractivity contribution in [3.8, 4) is 0 Å². The van der Waals surface area contributed by atoms with Gasteiger partial charge in [0, 0.05) is 33.6 Å². The van der Waals surface area contributed by atoms with E-state index in [-0.39, 0.29) is 11.5 Å². The van der Waals surface area contributed by atoms with Gasteiger partial charge in [-0.25, -0.2) is 0 Å². The summed E-state index contributed by atoms with van der Waals surface area (Å²) in [6.45, 7) is 4.42. The third-order valence-corrected chi connectivity index (χ3v) is 4.08. The van der Waals surface area contributed by atoms with Crippen LogP contribution >= 0.6 is 11.6 Å². The highest BCUT2D eigenvalue weighted by Gasteiger charge is 2.56. The van der Waals surface area contributed by atoms with Crippen LogP contribution in [0.1, 0.15) is 25.5 Å². The van der Waals surface area contributed by atoms with Gasteiger partial charge in [0.2, 0.25) is 0 Å². The van der Waals surface area contributed by atoms with Gasteiger partial charge in [0.25, 0.3) is 0 Å². The molecule has 1 aliphatic rings. The van der Waals surface area contributed by atoms with Crippen molar-refractivity contribution >= 4 is 22.5 Å². The zero-order valence-corrected chi connectivity index (χ0v) is 10.2. The Bertz CT molecular complexity index is 556. The molecule has 0 saturated heterocycles. The molecular weight excluding hydrogens is 220 g/mol. The average molecular weight is 235 g/mol. The molecule has 0 radical (unpaired) electrons. The molecule has 3 heteroatoms. The lowest BCUT2D eigenvalue weighted by Crippen LogP contribution is -2.06. The van der Waals surface area contributed by atoms with Crippen LogP contribution in [-0.2, 0) is 0 Å². The van der Waals surface area contributed by atoms with Crippen molar-refractivity contribution in [1.29, 1.82) is 0 Å². The van der Waals surface area contributed by atoms with E-state index in [4.69, 9.17) is 17.3 Å². The molecule has 1 heterocycles. The van der Waals surface area contributed by atoms with Crippen molar-refractivity contribution in [2.45, 2.75) is 25.8 Å². The molecule has 1 aromatic carbocycles. The fourth-order valence-corrected chi connectivity index (χ4v) is 2.75. The molecular formula is C13H15ClN2. The summed E-state index contributed by atoms with van der Waals surface area (Å²) in [6.07, 6.45) is 0. The topological polar surface area (TPSA) is 41.8 Å². The molecule has 0 unspecified atom stereocenters. The predicted octanol–water partition coefficient (Wildman–Crippen LogP) is 3.27. The number of aromatic amines is 1. The van der Waals surface area contributed by atoms with Crippen LogP contribution in [0.25, 0.3) is 10.9 Å². The minimum atomic E-state index is 0.213. The summed E-state index contributed by atoms with van der Waals surface area (Å²) in [5.74, 6) is 0.443. The van der Waals surface area contributed by atoms with E-state index >= 15 is 0 Å². The van der Waals surface area contributed by atoms with E-state index in [0.717, 1.165) is 15.9 Å². The predicted molar refractivity (Wildman–Crippen MR) is 67.8 cm³/mol. The summed E-state index contributed by atoms with van der Waals surface area (Å²) in [6, 6.07) is 8.33. The number of fused-ring (bicyclic) bond motifs is 1. The first kappa shape index (κ1) is 10.2. The largest absolute Gasteiger partial charge is 0.358 e. The number of aromatic nitrogens is 1. The molecule has 3 rings (SSSR count). The maximum absolute atomic E-state index is 6.08. The summed E-state index contributed by atoms with van der Waals surface area (Å²) in [5.41, 5.74) is 8.66. The Hall–Kier alpha value is -0.990. The molecule has 1 saturated carbocycles. The molecule has 0 amide bonds. The molecule has 1 fully saturated rings. The highest BCUT2D eigenvalue weighted by atomic mass is 35.5. The van der Waals surface area contributed by atoms with E-state index in [1.165, 1.54) is 5.69 Å². The molecule has 2 nitrogen and oxygen atoms in total. The Morgan fingerprint density at radius 1 is 1.31 bits per heavy atom. The van der Waals surface area contributed by atoms with Gasteiger partial charge in [-0.05, 0) is 29.7 Å². The molecule has 2 atom stereocenters. The first-order valence-corrected chi connectivity index (χ1v) is 5.92. The second-order valence-corrected chi connectivity index (χ2v) is 5.72. The van der Waals surface area contributed by atoms with Crippen molar-refractivity contribution < 1.29 is 0 Å². The summed E-state index contributed by atoms with van der Waals surface area (Å²) in [4.78, 5) is 3.43. The summed E-state index contributed by atoms with van der Waals surface area (Å²) in [5, 5.41) is 1.94. The van der Waals surface area contributed by atoms with Crippen molar-refractivity contribution in [2.24, 2.45) is 11.1 Å². The van der Waals surface area contributed by atoms with E-state index in [1.54, 1.807) is 0 Å². The van der Waals surface area contributed by atoms with E-state index in [0.29, 0.717) is 5.92 Å². The van der Waals surface area contributed by atoms with E-state index < -0.39 is 0 Å². The van der Waals surface area contributed by atoms with Crippen LogP contribution in [-0.4, -0.2) is 11.0 Å². The Kier molecular flexibility index (Phi) is 1.92. The van der Waals surface area contributed by atoms with Gasteiger partial charge in [-0.3, -0.25) is 0 Å². The van der Waals surface area contributed by atoms with Crippen LogP contribution in [0.2, 0.25) is 5.02 Å². The van der Waals surface area contributed by atoms with Gasteiger partial charge in [-0.15, -0.1) is 0 Å². The minimum absolute atomic E-state index is 0.213. The quantitative estimate of drug-likeness (QED) is 0.781. The fraction of sp³-hybridized carbons (Fsp3) is 0.385. The highest BCUT2D eigenvalue weighted by Crippen LogP contribution is 2.57. The number of hydrogen-bond donors (Lipinski definition) is 2. The molecule has 3 N–H and O–H groups in total. The van der Waals surface area contributed by atoms with Crippen molar-refractivity contribution in [3.05, 3.63) is 35.0 Å². The minimum Gasteiger partial charge on any atom is -0.358 e. The molecule has 1 aromatic heterocycles. The zero-order valence-electron chi connectivity index (χ0n) is 9.42. The van der Waals surface area contributed by atoms with Gasteiger partial charge in [0.1, 0.15) is 0 Å². The Morgan fingerprint density at radius 2 is 2.00 bits per heavy atom. The average Bonchev–Trinajstić information content (AvgIpc) is 2.60. The van der Waals surface area contributed by atoms with Crippen molar-refractivity contribution in [2.75, 3.05) is 0 Å². The molecule has 84 valence electrons. The van der Waals surface area contributed by atoms with Gasteiger partial charge >= 0.3 is 0 Å². The van der Waals surface area contributed by atoms with Gasteiger partial charge in [0.15, 0.2) is 0 Å². The summed E-state index contributed by atoms with van der Waals surface area (Å²) in [7, 11) is 0. The van der Waals surface area contributed by atoms with E-state index in [2.05, 4.69) is 24.9 Å². The normalized spacial score (nSPS) is 27.2. The summed E-state index contributed by atoms with van der Waals surface area (Å²) >= 11 is 5.97. The van der Waals surface area contributed by atoms with E-state index in [9.17, 15) is 0 Å². The monoisotopic (exact) mass is 234 g/mol. The van der Waals surface area contributed by atoms with Gasteiger partial charge in [-0.1, -0.05) is 25.4 Å². The third-order valence-electron chi connectivity index (χ3n) is 3.85. The van der Waals surface area contributed by atoms with Gasteiger partial charge in [0.05, 0.1) is 0 Å². The number of halogens is 1. The van der Waals surface area contributed by atoms with Crippen LogP contribution in [0, 0.1) is 5.41 Å². The molecule has 0 spiro atoms. The Balaban J connectivity index is 2.07. The maximum atomic E-state index is 6.08. The number of rotatable bonds is 1. The molecule has 16 heavy (non-hydrogen) atoms. The Labute approximate surface area is 99.8 Å². The van der Waals surface area contributed by atoms with Gasteiger partial charge < -0.3 is 10.7 Å². The SMILES string of the molecule is CC1(C)[C@H](N)[C@H]1c1cc2cc(Cl)ccc2[nH]1. The lowest BCUT2D eigenvalue weighted by Gasteiger charge is -1.98. The maximum Gasteiger partial charge on any atom is 0.0457 e. The first-order valence-electron chi connectivity index (χ1n) is 5.54. The standard InChI is InChI=1S/C13H15ClN2/c1-13(2)11(12(13)15)10-6-7-5-8(14)3-4-9(7)16-10/h3-6,11-12,16H,15H2,1-2H3/t11-,12-/m1/s1. The van der Waals surface area contributed by atoms with Crippen molar-refractivity contribution in [1.82, 2.24) is 4.98 Å². The smallest absolute Gasteiger partial charge is 0.0457 e. The van der Waals surface area contributed by atoms with Crippen LogP contribution in [0.15, 0.2) is 24.3 Å². The first-order chi connectivity index (χ1) is 7.50. The fourth-order valence-electron chi connectivity index (χ4n) is 2.57. The van der Waals surface area contributed by atoms with E-state index in [1.807, 2.05) is 18.2 Å². The number of nitrogens with two attached hydrogens (primary N) is 1. The second kappa shape index (κ2) is 3.02. The van der Waals surface area contributed by atoms with Crippen LogP contribution < -0.4 is 5.73 Å². The molecule has 0 bridgehead atoms. The van der Waals surface area contributed by atoms with Gasteiger partial charge in [-0.2, -0.15) is 0 Å². The van der Waals surface area contributed by atoms with Crippen molar-refractivity contribution in [3.63, 3.8) is 0 Å². The molecule has 2 aromatic rings. The zero-order chi connectivity index (χ0) is 11.5. The second-order valence-electron chi connectivity index (χ2n) is 5.28. The number of benzene rings is 1. The number of nitrogens with one attached hydrogen (secondary N) is 1. The third kappa shape index (κ3) is 1.30.